The van der Waals surface area contributed by atoms with Gasteiger partial charge >= 0.3 is 11.9 Å². The van der Waals surface area contributed by atoms with Crippen LogP contribution in [0.1, 0.15) is 21.5 Å². The first-order chi connectivity index (χ1) is 13.2. The molecule has 5 heteroatoms. The van der Waals surface area contributed by atoms with Crippen LogP contribution < -0.4 is 0 Å². The fourth-order valence-corrected chi connectivity index (χ4v) is 2.93. The predicted octanol–water partition coefficient (Wildman–Crippen LogP) is 3.97. The largest absolute Gasteiger partial charge is 0.465 e. The van der Waals surface area contributed by atoms with Gasteiger partial charge in [-0.3, -0.25) is 0 Å². The molecule has 0 aliphatic carbocycles. The summed E-state index contributed by atoms with van der Waals surface area (Å²) >= 11 is 0. The van der Waals surface area contributed by atoms with Crippen molar-refractivity contribution in [3.63, 3.8) is 0 Å². The molecule has 0 N–H and O–H groups in total. The van der Waals surface area contributed by atoms with E-state index < -0.39 is 11.9 Å². The number of carbonyl (C=O) groups excluding carboxylic acids is 2. The monoisotopic (exact) mass is 357 g/mol. The van der Waals surface area contributed by atoms with Crippen LogP contribution in [0.25, 0.3) is 16.8 Å². The summed E-state index contributed by atoms with van der Waals surface area (Å²) in [5.74, 6) is -0.630. The Bertz CT molecular complexity index is 1110. The fraction of sp³-hybridized carbons (Fsp3) is 0.0455. The van der Waals surface area contributed by atoms with Crippen LogP contribution in [0.15, 0.2) is 77.4 Å². The SMILES string of the molecule is COC(=O)c1ccc(/C=C2\N=C(c3cccc4ccccc34)OC2=O)cc1. The molecule has 0 unspecified atom stereocenters. The lowest BCUT2D eigenvalue weighted by atomic mass is 10.0. The molecule has 0 radical (unpaired) electrons. The Balaban J connectivity index is 1.68. The van der Waals surface area contributed by atoms with Gasteiger partial charge < -0.3 is 9.47 Å². The summed E-state index contributed by atoms with van der Waals surface area (Å²) in [5, 5.41) is 2.01. The number of esters is 2. The van der Waals surface area contributed by atoms with Crippen molar-refractivity contribution in [2.75, 3.05) is 7.11 Å². The van der Waals surface area contributed by atoms with Gasteiger partial charge in [0.2, 0.25) is 5.90 Å². The maximum atomic E-state index is 12.2. The van der Waals surface area contributed by atoms with E-state index in [9.17, 15) is 9.59 Å². The second-order valence-corrected chi connectivity index (χ2v) is 5.98. The number of cyclic esters (lactones) is 1. The Morgan fingerprint density at radius 1 is 1.00 bits per heavy atom. The molecule has 4 rings (SSSR count). The molecule has 0 saturated carbocycles. The quantitative estimate of drug-likeness (QED) is 0.525. The summed E-state index contributed by atoms with van der Waals surface area (Å²) in [6.45, 7) is 0. The van der Waals surface area contributed by atoms with Gasteiger partial charge in [-0.05, 0) is 40.6 Å². The van der Waals surface area contributed by atoms with Crippen molar-refractivity contribution in [2.45, 2.75) is 0 Å². The lowest BCUT2D eigenvalue weighted by molar-refractivity contribution is -0.129. The summed E-state index contributed by atoms with van der Waals surface area (Å²) in [5.41, 5.74) is 2.15. The second-order valence-electron chi connectivity index (χ2n) is 5.98. The Labute approximate surface area is 155 Å². The van der Waals surface area contributed by atoms with Gasteiger partial charge in [-0.2, -0.15) is 0 Å². The fourth-order valence-electron chi connectivity index (χ4n) is 2.93. The van der Waals surface area contributed by atoms with Crippen LogP contribution in [-0.2, 0) is 14.3 Å². The number of fused-ring (bicyclic) bond motifs is 1. The number of nitrogens with zero attached hydrogens (tertiary/aromatic N) is 1. The van der Waals surface area contributed by atoms with E-state index in [4.69, 9.17) is 4.74 Å². The van der Waals surface area contributed by atoms with Gasteiger partial charge in [0, 0.05) is 5.56 Å². The van der Waals surface area contributed by atoms with Crippen LogP contribution in [0.2, 0.25) is 0 Å². The van der Waals surface area contributed by atoms with E-state index in [0.29, 0.717) is 5.56 Å². The molecule has 132 valence electrons. The molecule has 1 heterocycles. The minimum Gasteiger partial charge on any atom is -0.465 e. The van der Waals surface area contributed by atoms with Crippen molar-refractivity contribution in [1.82, 2.24) is 0 Å². The maximum absolute atomic E-state index is 12.2. The van der Waals surface area contributed by atoms with E-state index in [-0.39, 0.29) is 11.6 Å². The number of benzene rings is 3. The number of carbonyl (C=O) groups is 2. The van der Waals surface area contributed by atoms with E-state index in [1.165, 1.54) is 7.11 Å². The Morgan fingerprint density at radius 2 is 1.74 bits per heavy atom. The highest BCUT2D eigenvalue weighted by molar-refractivity contribution is 6.17. The van der Waals surface area contributed by atoms with Crippen LogP contribution in [-0.4, -0.2) is 24.9 Å². The number of ether oxygens (including phenoxy) is 2. The van der Waals surface area contributed by atoms with Crippen LogP contribution in [0.5, 0.6) is 0 Å². The number of methoxy groups -OCH3 is 1. The number of hydrogen-bond acceptors (Lipinski definition) is 5. The predicted molar refractivity (Wildman–Crippen MR) is 102 cm³/mol. The van der Waals surface area contributed by atoms with Gasteiger partial charge in [0.1, 0.15) is 0 Å². The van der Waals surface area contributed by atoms with E-state index >= 15 is 0 Å². The molecule has 1 aliphatic heterocycles. The van der Waals surface area contributed by atoms with Gasteiger partial charge in [0.25, 0.3) is 0 Å². The van der Waals surface area contributed by atoms with Crippen molar-refractivity contribution in [3.8, 4) is 0 Å². The normalized spacial score (nSPS) is 14.9. The highest BCUT2D eigenvalue weighted by Crippen LogP contribution is 2.24. The number of rotatable bonds is 3. The molecule has 0 bridgehead atoms. The average molecular weight is 357 g/mol. The molecule has 3 aromatic rings. The van der Waals surface area contributed by atoms with Crippen molar-refractivity contribution < 1.29 is 19.1 Å². The molecule has 0 atom stereocenters. The summed E-state index contributed by atoms with van der Waals surface area (Å²) in [7, 11) is 1.33. The topological polar surface area (TPSA) is 65.0 Å². The van der Waals surface area contributed by atoms with Gasteiger partial charge in [-0.15, -0.1) is 0 Å². The number of hydrogen-bond donors (Lipinski definition) is 0. The third-order valence-corrected chi connectivity index (χ3v) is 4.28. The molecule has 0 fully saturated rings. The summed E-state index contributed by atoms with van der Waals surface area (Å²) in [6, 6.07) is 20.3. The molecule has 0 amide bonds. The summed E-state index contributed by atoms with van der Waals surface area (Å²) in [4.78, 5) is 28.1. The van der Waals surface area contributed by atoms with Gasteiger partial charge in [-0.25, -0.2) is 14.6 Å². The minimum atomic E-state index is -0.505. The lowest BCUT2D eigenvalue weighted by Crippen LogP contribution is -2.05. The lowest BCUT2D eigenvalue weighted by Gasteiger charge is -2.04. The van der Waals surface area contributed by atoms with Crippen molar-refractivity contribution in [2.24, 2.45) is 4.99 Å². The zero-order chi connectivity index (χ0) is 18.8. The molecule has 0 aromatic heterocycles. The first-order valence-electron chi connectivity index (χ1n) is 8.35. The highest BCUT2D eigenvalue weighted by Gasteiger charge is 2.25. The highest BCUT2D eigenvalue weighted by atomic mass is 16.6. The molecule has 0 spiro atoms. The minimum absolute atomic E-state index is 0.212. The first-order valence-corrected chi connectivity index (χ1v) is 8.35. The van der Waals surface area contributed by atoms with Crippen LogP contribution >= 0.6 is 0 Å². The molecular formula is C22H15NO4. The van der Waals surface area contributed by atoms with Gasteiger partial charge in [0.05, 0.1) is 12.7 Å². The average Bonchev–Trinajstić information content (AvgIpc) is 3.07. The Morgan fingerprint density at radius 3 is 2.52 bits per heavy atom. The standard InChI is InChI=1S/C22H15NO4/c1-26-21(24)16-11-9-14(10-12-16)13-19-22(25)27-20(23-19)18-8-4-6-15-5-2-3-7-17(15)18/h2-13H,1H3/b19-13-. The van der Waals surface area contributed by atoms with Crippen LogP contribution in [0, 0.1) is 0 Å². The second kappa shape index (κ2) is 6.88. The molecule has 1 aliphatic rings. The van der Waals surface area contributed by atoms with E-state index in [2.05, 4.69) is 9.73 Å². The van der Waals surface area contributed by atoms with Crippen LogP contribution in [0.4, 0.5) is 0 Å². The van der Waals surface area contributed by atoms with Crippen LogP contribution in [0.3, 0.4) is 0 Å². The summed E-state index contributed by atoms with van der Waals surface area (Å²) < 4.78 is 10.1. The third-order valence-electron chi connectivity index (χ3n) is 4.28. The summed E-state index contributed by atoms with van der Waals surface area (Å²) in [6.07, 6.45) is 1.63. The van der Waals surface area contributed by atoms with E-state index in [1.807, 2.05) is 42.5 Å². The molecule has 3 aromatic carbocycles. The molecule has 0 saturated heterocycles. The van der Waals surface area contributed by atoms with Crippen molar-refractivity contribution >= 4 is 34.7 Å². The van der Waals surface area contributed by atoms with Crippen molar-refractivity contribution in [1.29, 1.82) is 0 Å². The Kier molecular flexibility index (Phi) is 4.26. The Hall–Kier alpha value is -3.73. The number of aliphatic imine (C=N–C) groups is 1. The first kappa shape index (κ1) is 16.7. The zero-order valence-electron chi connectivity index (χ0n) is 14.5. The third kappa shape index (κ3) is 3.22. The molecule has 5 nitrogen and oxygen atoms in total. The maximum Gasteiger partial charge on any atom is 0.363 e. The molecule has 27 heavy (non-hydrogen) atoms. The zero-order valence-corrected chi connectivity index (χ0v) is 14.5. The van der Waals surface area contributed by atoms with Gasteiger partial charge in [0.15, 0.2) is 5.70 Å². The van der Waals surface area contributed by atoms with Crippen molar-refractivity contribution in [3.05, 3.63) is 89.1 Å². The van der Waals surface area contributed by atoms with E-state index in [1.54, 1.807) is 30.3 Å². The molecular weight excluding hydrogens is 342 g/mol. The van der Waals surface area contributed by atoms with E-state index in [0.717, 1.165) is 21.9 Å². The van der Waals surface area contributed by atoms with Gasteiger partial charge in [-0.1, -0.05) is 48.5 Å². The smallest absolute Gasteiger partial charge is 0.363 e.